The molecule has 0 saturated heterocycles. The zero-order valence-corrected chi connectivity index (χ0v) is 6.93. The van der Waals surface area contributed by atoms with Gasteiger partial charge in [0.2, 0.25) is 5.91 Å². The number of aliphatic carboxylic acids is 1. The molecule has 0 aromatic carbocycles. The lowest BCUT2D eigenvalue weighted by Gasteiger charge is -2.08. The monoisotopic (exact) mass is 190 g/mol. The molecule has 0 aliphatic carbocycles. The Balaban J connectivity index is 3.69. The van der Waals surface area contributed by atoms with Crippen molar-refractivity contribution in [3.63, 3.8) is 0 Å². The van der Waals surface area contributed by atoms with E-state index in [-0.39, 0.29) is 0 Å². The molecule has 0 radical (unpaired) electrons. The van der Waals surface area contributed by atoms with Gasteiger partial charge in [-0.2, -0.15) is 0 Å². The number of carbonyl (C=O) groups is 2. The number of carbonyl (C=O) groups excluding carboxylic acids is 1. The summed E-state index contributed by atoms with van der Waals surface area (Å²) in [6.07, 6.45) is 1.71. The van der Waals surface area contributed by atoms with Crippen LogP contribution in [0.3, 0.4) is 0 Å². The lowest BCUT2D eigenvalue weighted by molar-refractivity contribution is -0.320. The van der Waals surface area contributed by atoms with Crippen molar-refractivity contribution >= 4 is 11.9 Å². The highest BCUT2D eigenvalue weighted by Gasteiger charge is 2.04. The molecular weight excluding hydrogens is 180 g/mol. The van der Waals surface area contributed by atoms with Gasteiger partial charge in [0.1, 0.15) is 6.54 Å². The molecule has 0 aliphatic rings. The molecule has 0 heterocycles. The molecule has 0 saturated carbocycles. The average molecular weight is 190 g/mol. The van der Waals surface area contributed by atoms with E-state index in [1.165, 1.54) is 7.11 Å². The third-order valence-corrected chi connectivity index (χ3v) is 0.960. The number of carboxylic acids is 1. The summed E-state index contributed by atoms with van der Waals surface area (Å²) in [6, 6.07) is 0. The summed E-state index contributed by atoms with van der Waals surface area (Å²) < 4.78 is 0. The smallest absolute Gasteiger partial charge is 0.329 e. The van der Waals surface area contributed by atoms with Gasteiger partial charge in [-0.05, 0) is 0 Å². The number of hydrogen-bond donors (Lipinski definition) is 3. The second kappa shape index (κ2) is 6.12. The van der Waals surface area contributed by atoms with Crippen LogP contribution in [-0.2, 0) is 14.4 Å². The highest BCUT2D eigenvalue weighted by Crippen LogP contribution is 1.79. The van der Waals surface area contributed by atoms with Crippen molar-refractivity contribution in [3.8, 4) is 0 Å². The van der Waals surface area contributed by atoms with Gasteiger partial charge in [-0.3, -0.25) is 14.8 Å². The molecule has 7 heteroatoms. The minimum absolute atomic E-state index is 0.309. The molecule has 0 unspecified atom stereocenters. The summed E-state index contributed by atoms with van der Waals surface area (Å²) in [5.41, 5.74) is 0. The maximum Gasteiger partial charge on any atom is 0.329 e. The predicted octanol–water partition coefficient (Wildman–Crippen LogP) is -1.05. The number of amides is 1. The Hall–Kier alpha value is -1.44. The topological polar surface area (TPSA) is 99.1 Å². The fourth-order valence-corrected chi connectivity index (χ4v) is 0.439. The van der Waals surface area contributed by atoms with Gasteiger partial charge in [0, 0.05) is 12.3 Å². The zero-order chi connectivity index (χ0) is 10.3. The van der Waals surface area contributed by atoms with Gasteiger partial charge in [0.15, 0.2) is 0 Å². The molecule has 74 valence electrons. The lowest BCUT2D eigenvalue weighted by atomic mass is 10.5. The molecule has 13 heavy (non-hydrogen) atoms. The number of carboxylic acid groups (broad SMARTS) is 1. The van der Waals surface area contributed by atoms with Crippen LogP contribution in [-0.4, -0.2) is 41.1 Å². The fraction of sp³-hybridized carbons (Fsp3) is 0.333. The van der Waals surface area contributed by atoms with Crippen LogP contribution in [0.25, 0.3) is 0 Å². The van der Waals surface area contributed by atoms with Gasteiger partial charge in [-0.25, -0.2) is 4.79 Å². The predicted molar refractivity (Wildman–Crippen MR) is 40.4 cm³/mol. The van der Waals surface area contributed by atoms with E-state index in [9.17, 15) is 9.59 Å². The maximum atomic E-state index is 10.8. The highest BCUT2D eigenvalue weighted by atomic mass is 16.9. The van der Waals surface area contributed by atoms with Crippen LogP contribution in [0.15, 0.2) is 12.3 Å². The largest absolute Gasteiger partial charge is 0.478 e. The Kier molecular flexibility index (Phi) is 5.44. The number of rotatable bonds is 5. The van der Waals surface area contributed by atoms with Crippen molar-refractivity contribution < 1.29 is 24.7 Å². The van der Waals surface area contributed by atoms with Crippen LogP contribution in [0.1, 0.15) is 0 Å². The van der Waals surface area contributed by atoms with E-state index in [4.69, 9.17) is 10.3 Å². The van der Waals surface area contributed by atoms with Crippen LogP contribution in [0.2, 0.25) is 0 Å². The number of hydrogen-bond acceptors (Lipinski definition) is 5. The minimum atomic E-state index is -1.17. The molecule has 0 aromatic heterocycles. The number of nitrogens with zero attached hydrogens (tertiary/aromatic N) is 1. The Bertz CT molecular complexity index is 215. The van der Waals surface area contributed by atoms with Gasteiger partial charge in [0.05, 0.1) is 7.11 Å². The summed E-state index contributed by atoms with van der Waals surface area (Å²) >= 11 is 0. The van der Waals surface area contributed by atoms with E-state index >= 15 is 0 Å². The van der Waals surface area contributed by atoms with E-state index in [1.54, 1.807) is 0 Å². The SMILES string of the molecule is CON(O)CC(=O)NC=CC(=O)O. The Labute approximate surface area is 74.1 Å². The first-order chi connectivity index (χ1) is 6.06. The molecule has 3 N–H and O–H groups in total. The normalized spacial score (nSPS) is 10.7. The van der Waals surface area contributed by atoms with E-state index in [1.807, 2.05) is 0 Å². The molecule has 7 nitrogen and oxygen atoms in total. The molecule has 0 aromatic rings. The summed E-state index contributed by atoms with van der Waals surface area (Å²) in [6.45, 7) is -0.402. The van der Waals surface area contributed by atoms with Gasteiger partial charge >= 0.3 is 5.97 Å². The second-order valence-electron chi connectivity index (χ2n) is 1.93. The fourth-order valence-electron chi connectivity index (χ4n) is 0.439. The first kappa shape index (κ1) is 11.6. The molecule has 0 rings (SSSR count). The summed E-state index contributed by atoms with van der Waals surface area (Å²) in [5, 5.41) is 19.2. The lowest BCUT2D eigenvalue weighted by Crippen LogP contribution is -2.32. The quantitative estimate of drug-likeness (QED) is 0.378. The molecule has 0 fully saturated rings. The van der Waals surface area contributed by atoms with Crippen molar-refractivity contribution in [1.29, 1.82) is 0 Å². The first-order valence-electron chi connectivity index (χ1n) is 3.25. The minimum Gasteiger partial charge on any atom is -0.478 e. The van der Waals surface area contributed by atoms with E-state index in [0.717, 1.165) is 12.3 Å². The second-order valence-corrected chi connectivity index (χ2v) is 1.93. The third-order valence-electron chi connectivity index (χ3n) is 0.960. The summed E-state index contributed by atoms with van der Waals surface area (Å²) in [5.74, 6) is -1.77. The maximum absolute atomic E-state index is 10.8. The van der Waals surface area contributed by atoms with Crippen LogP contribution in [0, 0.1) is 0 Å². The summed E-state index contributed by atoms with van der Waals surface area (Å²) in [4.78, 5) is 24.9. The molecule has 0 aliphatic heterocycles. The third kappa shape index (κ3) is 6.94. The van der Waals surface area contributed by atoms with Crippen LogP contribution in [0.5, 0.6) is 0 Å². The Morgan fingerprint density at radius 2 is 2.23 bits per heavy atom. The summed E-state index contributed by atoms with van der Waals surface area (Å²) in [7, 11) is 1.18. The average Bonchev–Trinajstić information content (AvgIpc) is 2.03. The number of nitrogens with one attached hydrogen (secondary N) is 1. The van der Waals surface area contributed by atoms with Crippen LogP contribution < -0.4 is 5.32 Å². The molecule has 0 atom stereocenters. The molecule has 1 amide bonds. The Morgan fingerprint density at radius 1 is 1.62 bits per heavy atom. The van der Waals surface area contributed by atoms with E-state index in [0.29, 0.717) is 5.23 Å². The van der Waals surface area contributed by atoms with Crippen molar-refractivity contribution in [2.45, 2.75) is 0 Å². The molecule has 0 bridgehead atoms. The van der Waals surface area contributed by atoms with Crippen LogP contribution in [0.4, 0.5) is 0 Å². The van der Waals surface area contributed by atoms with Crippen molar-refractivity contribution in [1.82, 2.24) is 10.5 Å². The Morgan fingerprint density at radius 3 is 2.69 bits per heavy atom. The van der Waals surface area contributed by atoms with Gasteiger partial charge in [-0.1, -0.05) is 5.23 Å². The first-order valence-corrected chi connectivity index (χ1v) is 3.25. The zero-order valence-electron chi connectivity index (χ0n) is 6.93. The van der Waals surface area contributed by atoms with Crippen LogP contribution >= 0.6 is 0 Å². The van der Waals surface area contributed by atoms with Crippen molar-refractivity contribution in [2.24, 2.45) is 0 Å². The van der Waals surface area contributed by atoms with Gasteiger partial charge in [-0.15, -0.1) is 0 Å². The van der Waals surface area contributed by atoms with Gasteiger partial charge < -0.3 is 10.4 Å². The number of hydroxylamine groups is 2. The van der Waals surface area contributed by atoms with Crippen molar-refractivity contribution in [3.05, 3.63) is 12.3 Å². The van der Waals surface area contributed by atoms with E-state index < -0.39 is 18.4 Å². The highest BCUT2D eigenvalue weighted by molar-refractivity contribution is 5.82. The van der Waals surface area contributed by atoms with Crippen molar-refractivity contribution in [2.75, 3.05) is 13.7 Å². The van der Waals surface area contributed by atoms with E-state index in [2.05, 4.69) is 10.2 Å². The standard InChI is InChI=1S/C6H10N2O5/c1-13-8(12)4-5(9)7-3-2-6(10)11/h2-3,12H,4H2,1H3,(H,7,9)(H,10,11). The molecule has 0 spiro atoms. The molecular formula is C6H10N2O5. The van der Waals surface area contributed by atoms with Gasteiger partial charge in [0.25, 0.3) is 0 Å².